The monoisotopic (exact) mass is 309 g/mol. The van der Waals surface area contributed by atoms with Crippen LogP contribution in [0, 0.1) is 11.3 Å². The van der Waals surface area contributed by atoms with E-state index in [0.29, 0.717) is 12.1 Å². The molecule has 1 aliphatic heterocycles. The summed E-state index contributed by atoms with van der Waals surface area (Å²) >= 11 is 0. The number of aromatic amines is 1. The molecule has 8 nitrogen and oxygen atoms in total. The lowest BCUT2D eigenvalue weighted by molar-refractivity contribution is 0.0930. The molecule has 0 saturated heterocycles. The number of nitriles is 1. The van der Waals surface area contributed by atoms with Crippen molar-refractivity contribution in [2.75, 3.05) is 11.9 Å². The Morgan fingerprint density at radius 2 is 2.30 bits per heavy atom. The molecule has 0 spiro atoms. The molecule has 0 bridgehead atoms. The zero-order valence-corrected chi connectivity index (χ0v) is 12.7. The molecule has 2 heterocycles. The van der Waals surface area contributed by atoms with E-state index in [2.05, 4.69) is 45.1 Å². The molecule has 23 heavy (non-hydrogen) atoms. The van der Waals surface area contributed by atoms with Crippen molar-refractivity contribution in [2.24, 2.45) is 0 Å². The Bertz CT molecular complexity index is 815. The summed E-state index contributed by atoms with van der Waals surface area (Å²) in [5.74, 6) is 0.156. The Labute approximate surface area is 132 Å². The molecule has 0 atom stereocenters. The van der Waals surface area contributed by atoms with Gasteiger partial charge in [0.25, 0.3) is 5.91 Å². The molecular formula is C15H15N7O. The fourth-order valence-electron chi connectivity index (χ4n) is 2.46. The first-order valence-electron chi connectivity index (χ1n) is 7.04. The Balaban J connectivity index is 1.91. The van der Waals surface area contributed by atoms with E-state index < -0.39 is 0 Å². The molecule has 0 radical (unpaired) electrons. The molecule has 0 aliphatic carbocycles. The summed E-state index contributed by atoms with van der Waals surface area (Å²) in [7, 11) is 0. The van der Waals surface area contributed by atoms with E-state index >= 15 is 0 Å². The van der Waals surface area contributed by atoms with E-state index in [1.807, 2.05) is 12.1 Å². The van der Waals surface area contributed by atoms with E-state index in [9.17, 15) is 4.79 Å². The first-order valence-corrected chi connectivity index (χ1v) is 7.04. The highest BCUT2D eigenvalue weighted by Crippen LogP contribution is 2.31. The molecule has 0 fully saturated rings. The molecule has 3 rings (SSSR count). The molecule has 116 valence electrons. The summed E-state index contributed by atoms with van der Waals surface area (Å²) < 4.78 is 0. The average molecular weight is 309 g/mol. The van der Waals surface area contributed by atoms with Gasteiger partial charge in [0, 0.05) is 29.4 Å². The van der Waals surface area contributed by atoms with Gasteiger partial charge in [-0.3, -0.25) is 4.79 Å². The minimum Gasteiger partial charge on any atom is -0.360 e. The third-order valence-corrected chi connectivity index (χ3v) is 3.77. The molecule has 1 aromatic carbocycles. The smallest absolute Gasteiger partial charge is 0.251 e. The van der Waals surface area contributed by atoms with Crippen LogP contribution in [0.5, 0.6) is 0 Å². The summed E-state index contributed by atoms with van der Waals surface area (Å²) in [6.07, 6.45) is 1.52. The number of nitrogens with one attached hydrogen (secondary N) is 3. The lowest BCUT2D eigenvalue weighted by Gasteiger charge is -2.32. The van der Waals surface area contributed by atoms with E-state index in [4.69, 9.17) is 5.26 Å². The summed E-state index contributed by atoms with van der Waals surface area (Å²) in [5, 5.41) is 28.4. The molecule has 1 aliphatic rings. The Hall–Kier alpha value is -3.21. The largest absolute Gasteiger partial charge is 0.360 e. The third kappa shape index (κ3) is 2.76. The highest BCUT2D eigenvalue weighted by atomic mass is 16.1. The number of rotatable bonds is 3. The molecule has 1 amide bonds. The van der Waals surface area contributed by atoms with Crippen molar-refractivity contribution in [1.29, 1.82) is 5.26 Å². The second-order valence-electron chi connectivity index (χ2n) is 5.88. The number of tetrazole rings is 1. The number of hydrogen-bond donors (Lipinski definition) is 3. The van der Waals surface area contributed by atoms with E-state index in [1.165, 1.54) is 6.20 Å². The van der Waals surface area contributed by atoms with Crippen molar-refractivity contribution in [3.05, 3.63) is 41.4 Å². The Morgan fingerprint density at radius 1 is 1.48 bits per heavy atom. The van der Waals surface area contributed by atoms with Crippen LogP contribution in [-0.4, -0.2) is 33.1 Å². The normalized spacial score (nSPS) is 16.2. The summed E-state index contributed by atoms with van der Waals surface area (Å²) in [5.41, 5.74) is 2.53. The number of H-pyrrole nitrogens is 1. The van der Waals surface area contributed by atoms with Gasteiger partial charge in [-0.1, -0.05) is 13.8 Å². The number of aromatic nitrogens is 4. The van der Waals surface area contributed by atoms with Gasteiger partial charge in [-0.25, -0.2) is 0 Å². The maximum absolute atomic E-state index is 11.9. The summed E-state index contributed by atoms with van der Waals surface area (Å²) in [4.78, 5) is 11.9. The SMILES string of the molecule is CC1(C)CNC(=O)c2ccc(NC=C(C#N)c3nn[nH]n3)cc21. The van der Waals surface area contributed by atoms with Crippen LogP contribution in [0.4, 0.5) is 5.69 Å². The maximum atomic E-state index is 11.9. The van der Waals surface area contributed by atoms with Gasteiger partial charge in [-0.15, -0.1) is 10.2 Å². The Kier molecular flexibility index (Phi) is 3.54. The second kappa shape index (κ2) is 5.53. The minimum absolute atomic E-state index is 0.0640. The molecule has 3 N–H and O–H groups in total. The number of carbonyl (C=O) groups excluding carboxylic acids is 1. The van der Waals surface area contributed by atoms with Crippen LogP contribution in [0.1, 0.15) is 35.6 Å². The first kappa shape index (κ1) is 14.7. The van der Waals surface area contributed by atoms with Crippen LogP contribution in [0.15, 0.2) is 24.4 Å². The number of hydrogen-bond acceptors (Lipinski definition) is 6. The fourth-order valence-corrected chi connectivity index (χ4v) is 2.46. The molecule has 1 aromatic heterocycles. The predicted molar refractivity (Wildman–Crippen MR) is 83.2 cm³/mol. The van der Waals surface area contributed by atoms with Gasteiger partial charge in [0.15, 0.2) is 0 Å². The van der Waals surface area contributed by atoms with Crippen LogP contribution >= 0.6 is 0 Å². The Morgan fingerprint density at radius 3 is 3.00 bits per heavy atom. The number of anilines is 1. The fraction of sp³-hybridized carbons (Fsp3) is 0.267. The predicted octanol–water partition coefficient (Wildman–Crippen LogP) is 1.20. The van der Waals surface area contributed by atoms with Crippen molar-refractivity contribution >= 4 is 17.2 Å². The first-order chi connectivity index (χ1) is 11.0. The van der Waals surface area contributed by atoms with Crippen molar-refractivity contribution < 1.29 is 4.79 Å². The highest BCUT2D eigenvalue weighted by molar-refractivity contribution is 5.98. The standard InChI is InChI=1S/C15H15N7O/c1-15(2)8-18-14(23)11-4-3-10(5-12(11)15)17-7-9(6-16)13-19-21-22-20-13/h3-5,7,17H,8H2,1-2H3,(H,18,23)(H,19,20,21,22). The quantitative estimate of drug-likeness (QED) is 0.733. The van der Waals surface area contributed by atoms with Crippen molar-refractivity contribution in [1.82, 2.24) is 25.9 Å². The summed E-state index contributed by atoms with van der Waals surface area (Å²) in [6, 6.07) is 7.51. The number of benzene rings is 1. The third-order valence-electron chi connectivity index (χ3n) is 3.77. The zero-order valence-electron chi connectivity index (χ0n) is 12.7. The summed E-state index contributed by atoms with van der Waals surface area (Å²) in [6.45, 7) is 4.74. The molecule has 8 heteroatoms. The van der Waals surface area contributed by atoms with Gasteiger partial charge < -0.3 is 10.6 Å². The van der Waals surface area contributed by atoms with Crippen LogP contribution in [0.2, 0.25) is 0 Å². The second-order valence-corrected chi connectivity index (χ2v) is 5.88. The van der Waals surface area contributed by atoms with E-state index in [0.717, 1.165) is 11.3 Å². The van der Waals surface area contributed by atoms with Gasteiger partial charge in [0.2, 0.25) is 5.82 Å². The van der Waals surface area contributed by atoms with Gasteiger partial charge in [-0.2, -0.15) is 10.5 Å². The lowest BCUT2D eigenvalue weighted by Crippen LogP contribution is -2.43. The van der Waals surface area contributed by atoms with E-state index in [-0.39, 0.29) is 22.7 Å². The average Bonchev–Trinajstić information content (AvgIpc) is 3.06. The van der Waals surface area contributed by atoms with Crippen molar-refractivity contribution in [3.63, 3.8) is 0 Å². The van der Waals surface area contributed by atoms with Gasteiger partial charge in [0.1, 0.15) is 11.6 Å². The zero-order chi connectivity index (χ0) is 16.4. The van der Waals surface area contributed by atoms with E-state index in [1.54, 1.807) is 12.1 Å². The number of allylic oxidation sites excluding steroid dienone is 1. The molecular weight excluding hydrogens is 294 g/mol. The van der Waals surface area contributed by atoms with Crippen LogP contribution in [0.3, 0.4) is 0 Å². The number of fused-ring (bicyclic) bond motifs is 1. The number of nitrogens with zero attached hydrogens (tertiary/aromatic N) is 4. The molecule has 0 unspecified atom stereocenters. The number of carbonyl (C=O) groups is 1. The topological polar surface area (TPSA) is 119 Å². The van der Waals surface area contributed by atoms with Gasteiger partial charge >= 0.3 is 0 Å². The van der Waals surface area contributed by atoms with Gasteiger partial charge in [0.05, 0.1) is 0 Å². The van der Waals surface area contributed by atoms with Crippen LogP contribution in [-0.2, 0) is 5.41 Å². The van der Waals surface area contributed by atoms with Crippen molar-refractivity contribution in [2.45, 2.75) is 19.3 Å². The highest BCUT2D eigenvalue weighted by Gasteiger charge is 2.31. The van der Waals surface area contributed by atoms with Crippen LogP contribution in [0.25, 0.3) is 5.57 Å². The molecule has 2 aromatic rings. The maximum Gasteiger partial charge on any atom is 0.251 e. The number of amides is 1. The van der Waals surface area contributed by atoms with Crippen molar-refractivity contribution in [3.8, 4) is 6.07 Å². The lowest BCUT2D eigenvalue weighted by atomic mass is 9.79. The van der Waals surface area contributed by atoms with Gasteiger partial charge in [-0.05, 0) is 29.0 Å². The minimum atomic E-state index is -0.156. The molecule has 0 saturated carbocycles. The van der Waals surface area contributed by atoms with Crippen LogP contribution < -0.4 is 10.6 Å².